The third-order valence-electron chi connectivity index (χ3n) is 2.90. The van der Waals surface area contributed by atoms with Gasteiger partial charge in [-0.25, -0.2) is 4.39 Å². The molecule has 0 aromatic heterocycles. The molecule has 2 N–H and O–H groups in total. The highest BCUT2D eigenvalue weighted by Crippen LogP contribution is 2.26. The smallest absolute Gasteiger partial charge is 0.127 e. The molecule has 0 heterocycles. The first kappa shape index (κ1) is 12.9. The number of halogens is 1. The zero-order valence-corrected chi connectivity index (χ0v) is 10.0. The molecule has 0 aliphatic heterocycles. The first-order valence-corrected chi connectivity index (χ1v) is 5.88. The third kappa shape index (κ3) is 3.17. The molecule has 88 valence electrons. The van der Waals surface area contributed by atoms with Crippen LogP contribution >= 0.6 is 0 Å². The van der Waals surface area contributed by atoms with E-state index < -0.39 is 0 Å². The van der Waals surface area contributed by atoms with E-state index in [0.29, 0.717) is 12.5 Å². The molecule has 1 aromatic rings. The Labute approximate surface area is 97.2 Å². The summed E-state index contributed by atoms with van der Waals surface area (Å²) < 4.78 is 13.8. The number of hydrogen-bond acceptors (Lipinski definition) is 1. The summed E-state index contributed by atoms with van der Waals surface area (Å²) in [5, 5.41) is 0. The van der Waals surface area contributed by atoms with Crippen molar-refractivity contribution in [1.82, 2.24) is 0 Å². The third-order valence-corrected chi connectivity index (χ3v) is 2.90. The number of hydrogen-bond donors (Lipinski definition) is 1. The van der Waals surface area contributed by atoms with Crippen molar-refractivity contribution in [3.63, 3.8) is 0 Å². The van der Waals surface area contributed by atoms with Gasteiger partial charge in [-0.3, -0.25) is 0 Å². The minimum Gasteiger partial charge on any atom is -0.327 e. The molecule has 1 nitrogen and oxygen atoms in total. The molecule has 0 aliphatic carbocycles. The Hall–Kier alpha value is -1.15. The Morgan fingerprint density at radius 1 is 1.31 bits per heavy atom. The average molecular weight is 221 g/mol. The molecule has 0 saturated heterocycles. The van der Waals surface area contributed by atoms with Crippen LogP contribution in [0, 0.1) is 5.82 Å². The summed E-state index contributed by atoms with van der Waals surface area (Å²) in [4.78, 5) is 0. The molecule has 0 aliphatic rings. The summed E-state index contributed by atoms with van der Waals surface area (Å²) in [6, 6.07) is 5.42. The minimum atomic E-state index is -0.104. The van der Waals surface area contributed by atoms with Gasteiger partial charge in [-0.2, -0.15) is 0 Å². The maximum atomic E-state index is 13.8. The standard InChI is InChI=1S/C14H20FN/c1-3-12(4-2)13-8-7-11(6-5-9-16)10-14(13)15/h5-8,10,12H,3-4,9,16H2,1-2H3/b6-5+. The second kappa shape index (κ2) is 6.44. The summed E-state index contributed by atoms with van der Waals surface area (Å²) in [6.45, 7) is 4.67. The zero-order valence-electron chi connectivity index (χ0n) is 10.0. The van der Waals surface area contributed by atoms with Crippen molar-refractivity contribution in [2.45, 2.75) is 32.6 Å². The van der Waals surface area contributed by atoms with Crippen molar-refractivity contribution in [1.29, 1.82) is 0 Å². The maximum Gasteiger partial charge on any atom is 0.127 e. The van der Waals surface area contributed by atoms with Gasteiger partial charge >= 0.3 is 0 Å². The lowest BCUT2D eigenvalue weighted by atomic mass is 9.93. The van der Waals surface area contributed by atoms with Crippen molar-refractivity contribution >= 4 is 6.08 Å². The van der Waals surface area contributed by atoms with Gasteiger partial charge in [-0.1, -0.05) is 38.1 Å². The van der Waals surface area contributed by atoms with Gasteiger partial charge in [-0.15, -0.1) is 0 Å². The average Bonchev–Trinajstić information content (AvgIpc) is 2.30. The van der Waals surface area contributed by atoms with Crippen LogP contribution in [0.25, 0.3) is 6.08 Å². The summed E-state index contributed by atoms with van der Waals surface area (Å²) in [6.07, 6.45) is 5.63. The number of benzene rings is 1. The Balaban J connectivity index is 2.94. The van der Waals surface area contributed by atoms with Gasteiger partial charge in [0.25, 0.3) is 0 Å². The first-order valence-electron chi connectivity index (χ1n) is 5.88. The molecule has 1 rings (SSSR count). The van der Waals surface area contributed by atoms with Crippen LogP contribution in [0.15, 0.2) is 24.3 Å². The van der Waals surface area contributed by atoms with E-state index in [1.165, 1.54) is 0 Å². The molecule has 0 unspecified atom stereocenters. The molecule has 0 spiro atoms. The second-order valence-electron chi connectivity index (χ2n) is 3.93. The van der Waals surface area contributed by atoms with E-state index >= 15 is 0 Å². The summed E-state index contributed by atoms with van der Waals surface area (Å²) >= 11 is 0. The van der Waals surface area contributed by atoms with Crippen molar-refractivity contribution in [3.05, 3.63) is 41.2 Å². The van der Waals surface area contributed by atoms with Crippen molar-refractivity contribution in [3.8, 4) is 0 Å². The summed E-state index contributed by atoms with van der Waals surface area (Å²) in [5.74, 6) is 0.223. The van der Waals surface area contributed by atoms with Crippen molar-refractivity contribution in [2.75, 3.05) is 6.54 Å². The molecule has 0 amide bonds. The molecule has 0 fully saturated rings. The topological polar surface area (TPSA) is 26.0 Å². The van der Waals surface area contributed by atoms with E-state index in [4.69, 9.17) is 5.73 Å². The first-order chi connectivity index (χ1) is 7.72. The fourth-order valence-electron chi connectivity index (χ4n) is 1.91. The van der Waals surface area contributed by atoms with E-state index in [0.717, 1.165) is 24.0 Å². The van der Waals surface area contributed by atoms with E-state index in [1.807, 2.05) is 24.3 Å². The zero-order chi connectivity index (χ0) is 12.0. The van der Waals surface area contributed by atoms with Crippen LogP contribution in [0.3, 0.4) is 0 Å². The lowest BCUT2D eigenvalue weighted by Gasteiger charge is -2.13. The predicted octanol–water partition coefficient (Wildman–Crippen LogP) is 3.70. The molecule has 0 radical (unpaired) electrons. The van der Waals surface area contributed by atoms with E-state index in [2.05, 4.69) is 13.8 Å². The quantitative estimate of drug-likeness (QED) is 0.806. The molecular formula is C14H20FN. The SMILES string of the molecule is CCC(CC)c1ccc(/C=C/CN)cc1F. The van der Waals surface area contributed by atoms with Crippen LogP contribution < -0.4 is 5.73 Å². The summed E-state index contributed by atoms with van der Waals surface area (Å²) in [5.41, 5.74) is 7.06. The second-order valence-corrected chi connectivity index (χ2v) is 3.93. The predicted molar refractivity (Wildman–Crippen MR) is 67.8 cm³/mol. The maximum absolute atomic E-state index is 13.8. The highest BCUT2D eigenvalue weighted by molar-refractivity contribution is 5.50. The molecule has 0 bridgehead atoms. The van der Waals surface area contributed by atoms with E-state index in [9.17, 15) is 4.39 Å². The van der Waals surface area contributed by atoms with Crippen LogP contribution in [0.5, 0.6) is 0 Å². The molecule has 1 aromatic carbocycles. The highest BCUT2D eigenvalue weighted by Gasteiger charge is 2.11. The van der Waals surface area contributed by atoms with Crippen molar-refractivity contribution < 1.29 is 4.39 Å². The van der Waals surface area contributed by atoms with Gasteiger partial charge in [0.05, 0.1) is 0 Å². The lowest BCUT2D eigenvalue weighted by Crippen LogP contribution is -1.99. The van der Waals surface area contributed by atoms with Crippen LogP contribution in [0.1, 0.15) is 43.7 Å². The molecule has 0 saturated carbocycles. The van der Waals surface area contributed by atoms with E-state index in [1.54, 1.807) is 6.07 Å². The van der Waals surface area contributed by atoms with Crippen LogP contribution in [-0.4, -0.2) is 6.54 Å². The van der Waals surface area contributed by atoms with Crippen LogP contribution in [0.2, 0.25) is 0 Å². The fraction of sp³-hybridized carbons (Fsp3) is 0.429. The summed E-state index contributed by atoms with van der Waals surface area (Å²) in [7, 11) is 0. The Kier molecular flexibility index (Phi) is 5.20. The van der Waals surface area contributed by atoms with Crippen LogP contribution in [0.4, 0.5) is 4.39 Å². The highest BCUT2D eigenvalue weighted by atomic mass is 19.1. The van der Waals surface area contributed by atoms with Gasteiger partial charge in [0.2, 0.25) is 0 Å². The molecule has 0 atom stereocenters. The molecule has 16 heavy (non-hydrogen) atoms. The fourth-order valence-corrected chi connectivity index (χ4v) is 1.91. The number of rotatable bonds is 5. The van der Waals surface area contributed by atoms with Crippen LogP contribution in [-0.2, 0) is 0 Å². The minimum absolute atomic E-state index is 0.104. The van der Waals surface area contributed by atoms with Gasteiger partial charge in [0, 0.05) is 6.54 Å². The lowest BCUT2D eigenvalue weighted by molar-refractivity contribution is 0.558. The van der Waals surface area contributed by atoms with Crippen molar-refractivity contribution in [2.24, 2.45) is 5.73 Å². The molecule has 2 heteroatoms. The number of nitrogens with two attached hydrogens (primary N) is 1. The van der Waals surface area contributed by atoms with E-state index in [-0.39, 0.29) is 5.82 Å². The Morgan fingerprint density at radius 2 is 2.00 bits per heavy atom. The molecular weight excluding hydrogens is 201 g/mol. The van der Waals surface area contributed by atoms with Gasteiger partial charge < -0.3 is 5.73 Å². The Bertz CT molecular complexity index is 354. The normalized spacial score (nSPS) is 11.6. The Morgan fingerprint density at radius 3 is 2.50 bits per heavy atom. The largest absolute Gasteiger partial charge is 0.327 e. The van der Waals surface area contributed by atoms with Gasteiger partial charge in [-0.05, 0) is 36.0 Å². The van der Waals surface area contributed by atoms with Gasteiger partial charge in [0.1, 0.15) is 5.82 Å². The van der Waals surface area contributed by atoms with Gasteiger partial charge in [0.15, 0.2) is 0 Å². The monoisotopic (exact) mass is 221 g/mol.